The third kappa shape index (κ3) is 4.30. The minimum Gasteiger partial charge on any atom is -0.481 e. The second-order valence-corrected chi connectivity index (χ2v) is 6.97. The zero-order valence-corrected chi connectivity index (χ0v) is 15.9. The molecule has 25 heavy (non-hydrogen) atoms. The number of carbonyl (C=O) groups excluding carboxylic acids is 1. The Hall–Kier alpha value is -2.10. The minimum atomic E-state index is -0.624. The van der Waals surface area contributed by atoms with Gasteiger partial charge in [-0.1, -0.05) is 76.1 Å². The van der Waals surface area contributed by atoms with Crippen LogP contribution in [0.15, 0.2) is 77.3 Å². The molecule has 0 saturated heterocycles. The molecule has 3 rings (SSSR count). The molecule has 0 amide bonds. The maximum absolute atomic E-state index is 12.5. The molecule has 0 unspecified atom stereocenters. The smallest absolute Gasteiger partial charge is 0.202 e. The van der Waals surface area contributed by atoms with Crippen molar-refractivity contribution in [3.05, 3.63) is 87.9 Å². The van der Waals surface area contributed by atoms with E-state index in [4.69, 9.17) is 16.3 Å². The summed E-state index contributed by atoms with van der Waals surface area (Å²) in [6.07, 6.45) is -0.624. The molecular formula is C21H16BrClO2. The number of hydrogen-bond acceptors (Lipinski definition) is 2. The van der Waals surface area contributed by atoms with Gasteiger partial charge in [-0.3, -0.25) is 4.79 Å². The molecule has 3 aromatic rings. The highest BCUT2D eigenvalue weighted by Gasteiger charge is 2.18. The lowest BCUT2D eigenvalue weighted by molar-refractivity contribution is 0.0818. The fourth-order valence-electron chi connectivity index (χ4n) is 2.50. The molecule has 0 radical (unpaired) electrons. The second-order valence-electron chi connectivity index (χ2n) is 5.64. The maximum Gasteiger partial charge on any atom is 0.202 e. The first kappa shape index (κ1) is 17.7. The van der Waals surface area contributed by atoms with Crippen molar-refractivity contribution in [3.8, 4) is 16.9 Å². The van der Waals surface area contributed by atoms with E-state index in [-0.39, 0.29) is 5.78 Å². The van der Waals surface area contributed by atoms with Gasteiger partial charge in [-0.05, 0) is 42.3 Å². The van der Waals surface area contributed by atoms with Crippen LogP contribution in [0.5, 0.6) is 5.75 Å². The van der Waals surface area contributed by atoms with Crippen LogP contribution < -0.4 is 4.74 Å². The van der Waals surface area contributed by atoms with Gasteiger partial charge in [0.05, 0.1) is 5.02 Å². The lowest BCUT2D eigenvalue weighted by Crippen LogP contribution is -2.24. The predicted molar refractivity (Wildman–Crippen MR) is 105 cm³/mol. The van der Waals surface area contributed by atoms with Gasteiger partial charge < -0.3 is 4.74 Å². The van der Waals surface area contributed by atoms with Crippen LogP contribution in [0.3, 0.4) is 0 Å². The summed E-state index contributed by atoms with van der Waals surface area (Å²) >= 11 is 9.71. The molecule has 0 aliphatic carbocycles. The first-order chi connectivity index (χ1) is 12.0. The summed E-state index contributed by atoms with van der Waals surface area (Å²) in [5.74, 6) is 0.412. The van der Waals surface area contributed by atoms with Gasteiger partial charge >= 0.3 is 0 Å². The van der Waals surface area contributed by atoms with E-state index in [0.717, 1.165) is 15.6 Å². The maximum atomic E-state index is 12.5. The van der Waals surface area contributed by atoms with Crippen LogP contribution in [0.1, 0.15) is 17.3 Å². The zero-order chi connectivity index (χ0) is 17.8. The molecule has 0 heterocycles. The van der Waals surface area contributed by atoms with Crippen LogP contribution >= 0.6 is 27.5 Å². The van der Waals surface area contributed by atoms with Crippen molar-refractivity contribution in [3.63, 3.8) is 0 Å². The SMILES string of the molecule is C[C@H](Oc1ccc(-c2ccccc2)cc1Cl)C(=O)c1ccc(Br)cc1. The van der Waals surface area contributed by atoms with Crippen molar-refractivity contribution in [2.75, 3.05) is 0 Å². The highest BCUT2D eigenvalue weighted by molar-refractivity contribution is 9.10. The van der Waals surface area contributed by atoms with E-state index in [9.17, 15) is 4.79 Å². The molecule has 0 N–H and O–H groups in total. The third-order valence-electron chi connectivity index (χ3n) is 3.84. The van der Waals surface area contributed by atoms with Crippen molar-refractivity contribution in [2.24, 2.45) is 0 Å². The van der Waals surface area contributed by atoms with E-state index in [0.29, 0.717) is 16.3 Å². The Morgan fingerprint density at radius 2 is 1.64 bits per heavy atom. The predicted octanol–water partition coefficient (Wildman–Crippen LogP) is 6.42. The van der Waals surface area contributed by atoms with Crippen molar-refractivity contribution in [1.29, 1.82) is 0 Å². The summed E-state index contributed by atoms with van der Waals surface area (Å²) in [6, 6.07) is 22.8. The van der Waals surface area contributed by atoms with Gasteiger partial charge in [0.2, 0.25) is 5.78 Å². The van der Waals surface area contributed by atoms with E-state index >= 15 is 0 Å². The van der Waals surface area contributed by atoms with Crippen molar-refractivity contribution in [2.45, 2.75) is 13.0 Å². The van der Waals surface area contributed by atoms with E-state index < -0.39 is 6.10 Å². The first-order valence-electron chi connectivity index (χ1n) is 7.86. The van der Waals surface area contributed by atoms with E-state index in [1.165, 1.54) is 0 Å². The summed E-state index contributed by atoms with van der Waals surface area (Å²) < 4.78 is 6.72. The molecule has 2 nitrogen and oxygen atoms in total. The van der Waals surface area contributed by atoms with Gasteiger partial charge in [-0.2, -0.15) is 0 Å². The third-order valence-corrected chi connectivity index (χ3v) is 4.66. The first-order valence-corrected chi connectivity index (χ1v) is 9.03. The van der Waals surface area contributed by atoms with Crippen molar-refractivity contribution >= 4 is 33.3 Å². The Labute approximate surface area is 160 Å². The van der Waals surface area contributed by atoms with Crippen LogP contribution in [-0.2, 0) is 0 Å². The Kier molecular flexibility index (Phi) is 5.57. The zero-order valence-electron chi connectivity index (χ0n) is 13.6. The van der Waals surface area contributed by atoms with Gasteiger partial charge in [0.25, 0.3) is 0 Å². The van der Waals surface area contributed by atoms with Crippen LogP contribution in [0.25, 0.3) is 11.1 Å². The summed E-state index contributed by atoms with van der Waals surface area (Å²) in [5.41, 5.74) is 2.69. The fourth-order valence-corrected chi connectivity index (χ4v) is 2.99. The highest BCUT2D eigenvalue weighted by atomic mass is 79.9. The van der Waals surface area contributed by atoms with Gasteiger partial charge in [-0.25, -0.2) is 0 Å². The summed E-state index contributed by atoms with van der Waals surface area (Å²) in [4.78, 5) is 12.5. The quantitative estimate of drug-likeness (QED) is 0.449. The van der Waals surface area contributed by atoms with Crippen LogP contribution in [0, 0.1) is 0 Å². The standard InChI is InChI=1S/C21H16BrClO2/c1-14(21(24)16-7-10-18(22)11-8-16)25-20-12-9-17(13-19(20)23)15-5-3-2-4-6-15/h2-14H,1H3/t14-/m0/s1. The highest BCUT2D eigenvalue weighted by Crippen LogP contribution is 2.31. The van der Waals surface area contributed by atoms with Gasteiger partial charge in [0.1, 0.15) is 5.75 Å². The fraction of sp³-hybridized carbons (Fsp3) is 0.0952. The number of ether oxygens (including phenoxy) is 1. The molecule has 0 bridgehead atoms. The molecule has 0 spiro atoms. The Morgan fingerprint density at radius 3 is 2.28 bits per heavy atom. The summed E-state index contributed by atoms with van der Waals surface area (Å²) in [7, 11) is 0. The molecule has 1 atom stereocenters. The molecule has 0 saturated carbocycles. The molecule has 0 aliphatic rings. The van der Waals surface area contributed by atoms with E-state index in [2.05, 4.69) is 15.9 Å². The van der Waals surface area contributed by atoms with Crippen molar-refractivity contribution < 1.29 is 9.53 Å². The molecule has 126 valence electrons. The number of hydrogen-bond donors (Lipinski definition) is 0. The molecule has 3 aromatic carbocycles. The van der Waals surface area contributed by atoms with E-state index in [1.54, 1.807) is 25.1 Å². The molecule has 4 heteroatoms. The van der Waals surface area contributed by atoms with Crippen LogP contribution in [0.4, 0.5) is 0 Å². The molecule has 0 fully saturated rings. The van der Waals surface area contributed by atoms with Gasteiger partial charge in [0.15, 0.2) is 6.10 Å². The minimum absolute atomic E-state index is 0.0873. The van der Waals surface area contributed by atoms with Crippen LogP contribution in [0.2, 0.25) is 5.02 Å². The number of benzene rings is 3. The number of Topliss-reactive ketones (excluding diaryl/α,β-unsaturated/α-hetero) is 1. The van der Waals surface area contributed by atoms with Gasteiger partial charge in [-0.15, -0.1) is 0 Å². The lowest BCUT2D eigenvalue weighted by Gasteiger charge is -2.15. The normalized spacial score (nSPS) is 11.8. The Balaban J connectivity index is 1.76. The molecule has 0 aliphatic heterocycles. The number of carbonyl (C=O) groups is 1. The molecular weight excluding hydrogens is 400 g/mol. The lowest BCUT2D eigenvalue weighted by atomic mass is 10.1. The average Bonchev–Trinajstić information content (AvgIpc) is 2.64. The van der Waals surface area contributed by atoms with Gasteiger partial charge in [0, 0.05) is 10.0 Å². The topological polar surface area (TPSA) is 26.3 Å². The van der Waals surface area contributed by atoms with Crippen molar-refractivity contribution in [1.82, 2.24) is 0 Å². The Morgan fingerprint density at radius 1 is 0.960 bits per heavy atom. The summed E-state index contributed by atoms with van der Waals surface area (Å²) in [6.45, 7) is 1.73. The summed E-state index contributed by atoms with van der Waals surface area (Å²) in [5, 5.41) is 0.483. The number of halogens is 2. The second kappa shape index (κ2) is 7.85. The number of ketones is 1. The monoisotopic (exact) mass is 414 g/mol. The average molecular weight is 416 g/mol. The van der Waals surface area contributed by atoms with E-state index in [1.807, 2.05) is 54.6 Å². The number of rotatable bonds is 5. The largest absolute Gasteiger partial charge is 0.481 e. The Bertz CT molecular complexity index is 876. The molecule has 0 aromatic heterocycles. The van der Waals surface area contributed by atoms with Crippen LogP contribution in [-0.4, -0.2) is 11.9 Å².